The van der Waals surface area contributed by atoms with Gasteiger partial charge in [-0.15, -0.1) is 0 Å². The first-order chi connectivity index (χ1) is 29.5. The van der Waals surface area contributed by atoms with E-state index in [4.69, 9.17) is 0 Å². The maximum absolute atomic E-state index is 2.50. The Morgan fingerprint density at radius 3 is 1.18 bits per heavy atom. The Kier molecular flexibility index (Phi) is 7.52. The average molecular weight is 767 g/mol. The average Bonchev–Trinajstić information content (AvgIpc) is 3.86. The standard InChI is InChI=1S/C58H42N2/c1-57(2)53-37-42(59(39-19-6-3-7-20-39)40-21-8-4-9-22-40)33-35-46(53)47-36-34-43(38-54(47)57)60(41-23-10-5-11-24-41)55-32-18-31-52-56(55)48-27-14-17-30-51(48)58(52)49-28-15-12-25-44(49)45-26-13-16-29-50(45)58/h3-38H,1-2H3. The van der Waals surface area contributed by atoms with Gasteiger partial charge in [0.05, 0.1) is 11.1 Å². The summed E-state index contributed by atoms with van der Waals surface area (Å²) in [6.45, 7) is 4.78. The van der Waals surface area contributed by atoms with Crippen molar-refractivity contribution in [1.82, 2.24) is 0 Å². The molecular weight excluding hydrogens is 725 g/mol. The second-order valence-electron chi connectivity index (χ2n) is 16.8. The third kappa shape index (κ3) is 4.76. The van der Waals surface area contributed by atoms with Gasteiger partial charge < -0.3 is 9.80 Å². The number of benzene rings is 9. The van der Waals surface area contributed by atoms with Gasteiger partial charge >= 0.3 is 0 Å². The highest BCUT2D eigenvalue weighted by molar-refractivity contribution is 6.01. The fourth-order valence-corrected chi connectivity index (χ4v) is 10.9. The van der Waals surface area contributed by atoms with E-state index in [2.05, 4.69) is 242 Å². The Labute approximate surface area is 352 Å². The van der Waals surface area contributed by atoms with Crippen LogP contribution in [0, 0.1) is 0 Å². The summed E-state index contributed by atoms with van der Waals surface area (Å²) >= 11 is 0. The van der Waals surface area contributed by atoms with Crippen LogP contribution in [0.1, 0.15) is 47.2 Å². The molecule has 0 bridgehead atoms. The van der Waals surface area contributed by atoms with Crippen molar-refractivity contribution in [2.45, 2.75) is 24.7 Å². The van der Waals surface area contributed by atoms with Gasteiger partial charge in [0, 0.05) is 39.4 Å². The van der Waals surface area contributed by atoms with Crippen LogP contribution >= 0.6 is 0 Å². The molecule has 0 saturated heterocycles. The molecule has 0 aliphatic heterocycles. The molecule has 284 valence electrons. The quantitative estimate of drug-likeness (QED) is 0.166. The first-order valence-corrected chi connectivity index (χ1v) is 21.0. The SMILES string of the molecule is CC1(C)c2cc(N(c3ccccc3)c3ccccc3)ccc2-c2ccc(N(c3ccccc3)c3cccc4c3-c3ccccc3C43c4ccccc4-c4ccccc43)cc21. The number of hydrogen-bond donors (Lipinski definition) is 0. The van der Waals surface area contributed by atoms with Gasteiger partial charge in [-0.3, -0.25) is 0 Å². The van der Waals surface area contributed by atoms with E-state index in [0.29, 0.717) is 0 Å². The molecular formula is C58H42N2. The topological polar surface area (TPSA) is 6.48 Å². The zero-order valence-corrected chi connectivity index (χ0v) is 33.7. The molecule has 0 radical (unpaired) electrons. The molecule has 60 heavy (non-hydrogen) atoms. The molecule has 0 saturated carbocycles. The Bertz CT molecular complexity index is 3040. The van der Waals surface area contributed by atoms with E-state index in [1.165, 1.54) is 72.4 Å². The fourth-order valence-electron chi connectivity index (χ4n) is 10.9. The summed E-state index contributed by atoms with van der Waals surface area (Å²) in [5.74, 6) is 0. The van der Waals surface area contributed by atoms with Gasteiger partial charge in [0.25, 0.3) is 0 Å². The predicted molar refractivity (Wildman–Crippen MR) is 250 cm³/mol. The molecule has 0 unspecified atom stereocenters. The first-order valence-electron chi connectivity index (χ1n) is 21.0. The summed E-state index contributed by atoms with van der Waals surface area (Å²) in [5.41, 5.74) is 22.1. The largest absolute Gasteiger partial charge is 0.310 e. The van der Waals surface area contributed by atoms with Crippen molar-refractivity contribution in [1.29, 1.82) is 0 Å². The first kappa shape index (κ1) is 34.6. The van der Waals surface area contributed by atoms with E-state index >= 15 is 0 Å². The van der Waals surface area contributed by atoms with Crippen LogP contribution in [0.25, 0.3) is 33.4 Å². The summed E-state index contributed by atoms with van der Waals surface area (Å²) in [7, 11) is 0. The number of nitrogens with zero attached hydrogens (tertiary/aromatic N) is 2. The number of rotatable bonds is 6. The summed E-state index contributed by atoms with van der Waals surface area (Å²) in [6.07, 6.45) is 0. The highest BCUT2D eigenvalue weighted by atomic mass is 15.2. The molecule has 3 aliphatic carbocycles. The number of para-hydroxylation sites is 3. The molecule has 9 aromatic carbocycles. The van der Waals surface area contributed by atoms with Crippen molar-refractivity contribution >= 4 is 34.1 Å². The monoisotopic (exact) mass is 766 g/mol. The van der Waals surface area contributed by atoms with Gasteiger partial charge in [0.15, 0.2) is 0 Å². The van der Waals surface area contributed by atoms with Crippen molar-refractivity contribution in [3.63, 3.8) is 0 Å². The van der Waals surface area contributed by atoms with Gasteiger partial charge in [-0.05, 0) is 128 Å². The molecule has 12 rings (SSSR count). The lowest BCUT2D eigenvalue weighted by molar-refractivity contribution is 0.660. The van der Waals surface area contributed by atoms with Crippen molar-refractivity contribution in [3.8, 4) is 33.4 Å². The minimum absolute atomic E-state index is 0.245. The molecule has 0 atom stereocenters. The van der Waals surface area contributed by atoms with Gasteiger partial charge in [-0.1, -0.05) is 166 Å². The van der Waals surface area contributed by atoms with Gasteiger partial charge in [-0.2, -0.15) is 0 Å². The highest BCUT2D eigenvalue weighted by Crippen LogP contribution is 2.65. The third-order valence-corrected chi connectivity index (χ3v) is 13.4. The lowest BCUT2D eigenvalue weighted by Gasteiger charge is -2.32. The van der Waals surface area contributed by atoms with Crippen LogP contribution in [0.3, 0.4) is 0 Å². The van der Waals surface area contributed by atoms with Crippen LogP contribution in [0.2, 0.25) is 0 Å². The minimum Gasteiger partial charge on any atom is -0.310 e. The second kappa shape index (κ2) is 13.0. The van der Waals surface area contributed by atoms with E-state index < -0.39 is 5.41 Å². The Balaban J connectivity index is 1.04. The normalized spacial score (nSPS) is 14.1. The zero-order valence-electron chi connectivity index (χ0n) is 33.7. The lowest BCUT2D eigenvalue weighted by Crippen LogP contribution is -2.26. The van der Waals surface area contributed by atoms with E-state index in [0.717, 1.165) is 28.4 Å². The van der Waals surface area contributed by atoms with Crippen LogP contribution < -0.4 is 9.80 Å². The van der Waals surface area contributed by atoms with Crippen molar-refractivity contribution in [3.05, 3.63) is 252 Å². The third-order valence-electron chi connectivity index (χ3n) is 13.4. The summed E-state index contributed by atoms with van der Waals surface area (Å²) in [6, 6.07) is 80.7. The number of fused-ring (bicyclic) bond motifs is 13. The predicted octanol–water partition coefficient (Wildman–Crippen LogP) is 15.3. The molecule has 2 heteroatoms. The Hall–Kier alpha value is -7.42. The van der Waals surface area contributed by atoms with E-state index in [1.54, 1.807) is 0 Å². The minimum atomic E-state index is -0.413. The van der Waals surface area contributed by atoms with E-state index in [1.807, 2.05) is 0 Å². The maximum atomic E-state index is 2.50. The molecule has 0 fully saturated rings. The van der Waals surface area contributed by atoms with Gasteiger partial charge in [0.2, 0.25) is 0 Å². The Morgan fingerprint density at radius 1 is 0.283 bits per heavy atom. The molecule has 2 nitrogen and oxygen atoms in total. The fraction of sp³-hybridized carbons (Fsp3) is 0.0690. The Morgan fingerprint density at radius 2 is 0.667 bits per heavy atom. The van der Waals surface area contributed by atoms with Gasteiger partial charge in [0.1, 0.15) is 0 Å². The molecule has 0 aromatic heterocycles. The summed E-state index contributed by atoms with van der Waals surface area (Å²) in [4.78, 5) is 4.86. The molecule has 0 amide bonds. The smallest absolute Gasteiger partial charge is 0.0726 e. The zero-order chi connectivity index (χ0) is 40.0. The molecule has 9 aromatic rings. The van der Waals surface area contributed by atoms with Crippen LogP contribution in [-0.2, 0) is 10.8 Å². The van der Waals surface area contributed by atoms with Crippen LogP contribution in [0.5, 0.6) is 0 Å². The van der Waals surface area contributed by atoms with Gasteiger partial charge in [-0.25, -0.2) is 0 Å². The van der Waals surface area contributed by atoms with Crippen molar-refractivity contribution in [2.24, 2.45) is 0 Å². The van der Waals surface area contributed by atoms with Crippen LogP contribution in [0.4, 0.5) is 34.1 Å². The number of anilines is 6. The molecule has 0 N–H and O–H groups in total. The van der Waals surface area contributed by atoms with E-state index in [-0.39, 0.29) is 5.41 Å². The maximum Gasteiger partial charge on any atom is 0.0726 e. The van der Waals surface area contributed by atoms with Crippen molar-refractivity contribution in [2.75, 3.05) is 9.80 Å². The van der Waals surface area contributed by atoms with Crippen LogP contribution in [0.15, 0.2) is 218 Å². The van der Waals surface area contributed by atoms with Crippen LogP contribution in [-0.4, -0.2) is 0 Å². The molecule has 1 spiro atoms. The molecule has 3 aliphatic rings. The summed E-state index contributed by atoms with van der Waals surface area (Å²) < 4.78 is 0. The van der Waals surface area contributed by atoms with E-state index in [9.17, 15) is 0 Å². The lowest BCUT2D eigenvalue weighted by atomic mass is 9.70. The molecule has 0 heterocycles. The number of hydrogen-bond acceptors (Lipinski definition) is 2. The summed E-state index contributed by atoms with van der Waals surface area (Å²) in [5, 5.41) is 0. The van der Waals surface area contributed by atoms with Crippen molar-refractivity contribution < 1.29 is 0 Å². The second-order valence-corrected chi connectivity index (χ2v) is 16.8. The highest BCUT2D eigenvalue weighted by Gasteiger charge is 2.52.